The largest absolute Gasteiger partial charge is 0.460 e. The van der Waals surface area contributed by atoms with Gasteiger partial charge in [0.2, 0.25) is 5.91 Å². The van der Waals surface area contributed by atoms with E-state index in [-0.39, 0.29) is 62.8 Å². The molecular formula is C32H41N5O7. The fraction of sp³-hybridized carbons (Fsp3) is 0.500. The van der Waals surface area contributed by atoms with Gasteiger partial charge in [0.25, 0.3) is 5.91 Å². The molecule has 0 aliphatic carbocycles. The van der Waals surface area contributed by atoms with Crippen molar-refractivity contribution in [1.82, 2.24) is 25.1 Å². The van der Waals surface area contributed by atoms with Crippen LogP contribution in [-0.4, -0.2) is 98.8 Å². The number of rotatable bonds is 8. The van der Waals surface area contributed by atoms with E-state index >= 15 is 0 Å². The van der Waals surface area contributed by atoms with E-state index in [1.54, 1.807) is 56.9 Å². The lowest BCUT2D eigenvalue weighted by atomic mass is 10.1. The molecule has 1 unspecified atom stereocenters. The number of esters is 1. The number of carbonyl (C=O) groups excluding carboxylic acids is 4. The number of piperazine rings is 1. The lowest BCUT2D eigenvalue weighted by Crippen LogP contribution is -2.56. The van der Waals surface area contributed by atoms with Crippen molar-refractivity contribution < 1.29 is 33.8 Å². The highest BCUT2D eigenvalue weighted by molar-refractivity contribution is 5.96. The van der Waals surface area contributed by atoms with Crippen molar-refractivity contribution in [1.29, 1.82) is 0 Å². The van der Waals surface area contributed by atoms with Crippen LogP contribution in [0.1, 0.15) is 70.6 Å². The highest BCUT2D eigenvalue weighted by atomic mass is 16.6. The van der Waals surface area contributed by atoms with Crippen LogP contribution in [-0.2, 0) is 19.1 Å². The van der Waals surface area contributed by atoms with Crippen molar-refractivity contribution in [3.05, 3.63) is 47.8 Å². The number of amides is 3. The molecule has 0 spiro atoms. The van der Waals surface area contributed by atoms with Crippen LogP contribution in [0.5, 0.6) is 0 Å². The minimum absolute atomic E-state index is 0.0143. The third-order valence-electron chi connectivity index (χ3n) is 6.27. The van der Waals surface area contributed by atoms with Gasteiger partial charge < -0.3 is 29.7 Å². The molecule has 1 fully saturated rings. The highest BCUT2D eigenvalue weighted by Crippen LogP contribution is 2.17. The van der Waals surface area contributed by atoms with E-state index in [1.165, 1.54) is 24.8 Å². The summed E-state index contributed by atoms with van der Waals surface area (Å²) >= 11 is 0. The zero-order valence-corrected chi connectivity index (χ0v) is 26.2. The van der Waals surface area contributed by atoms with E-state index in [2.05, 4.69) is 27.1 Å². The van der Waals surface area contributed by atoms with Gasteiger partial charge in [0.15, 0.2) is 5.82 Å². The Kier molecular flexibility index (Phi) is 11.4. The van der Waals surface area contributed by atoms with E-state index in [9.17, 15) is 24.3 Å². The number of benzene rings is 1. The van der Waals surface area contributed by atoms with Crippen LogP contribution >= 0.6 is 0 Å². The molecule has 1 aromatic carbocycles. The van der Waals surface area contributed by atoms with Crippen molar-refractivity contribution in [2.75, 3.05) is 32.8 Å². The number of aromatic nitrogens is 2. The van der Waals surface area contributed by atoms with E-state index in [0.29, 0.717) is 5.56 Å². The summed E-state index contributed by atoms with van der Waals surface area (Å²) in [5, 5.41) is 12.8. The average Bonchev–Trinajstić information content (AvgIpc) is 2.97. The summed E-state index contributed by atoms with van der Waals surface area (Å²) in [6.45, 7) is 11.3. The van der Waals surface area contributed by atoms with E-state index < -0.39 is 41.1 Å². The Morgan fingerprint density at radius 3 is 2.23 bits per heavy atom. The van der Waals surface area contributed by atoms with Gasteiger partial charge in [-0.1, -0.05) is 36.3 Å². The molecule has 12 nitrogen and oxygen atoms in total. The second kappa shape index (κ2) is 14.8. The molecule has 1 aliphatic heterocycles. The molecule has 0 bridgehead atoms. The zero-order valence-electron chi connectivity index (χ0n) is 26.2. The van der Waals surface area contributed by atoms with Crippen LogP contribution in [0.25, 0.3) is 11.4 Å². The molecule has 12 heteroatoms. The second-order valence-corrected chi connectivity index (χ2v) is 11.8. The summed E-state index contributed by atoms with van der Waals surface area (Å²) < 4.78 is 10.5. The number of ether oxygens (including phenoxy) is 2. The molecule has 1 saturated heterocycles. The first-order chi connectivity index (χ1) is 20.6. The van der Waals surface area contributed by atoms with Gasteiger partial charge in [0.1, 0.15) is 28.6 Å². The highest BCUT2D eigenvalue weighted by Gasteiger charge is 2.32. The van der Waals surface area contributed by atoms with Crippen LogP contribution in [0.4, 0.5) is 4.79 Å². The topological polar surface area (TPSA) is 151 Å². The number of nitrogens with zero attached hydrogens (tertiary/aromatic N) is 4. The summed E-state index contributed by atoms with van der Waals surface area (Å²) in [5.74, 6) is 4.16. The number of aliphatic hydroxyl groups is 1. The third-order valence-corrected chi connectivity index (χ3v) is 6.27. The minimum atomic E-state index is -1.29. The fourth-order valence-electron chi connectivity index (χ4n) is 4.25. The molecule has 1 aliphatic rings. The van der Waals surface area contributed by atoms with Crippen molar-refractivity contribution in [2.24, 2.45) is 0 Å². The maximum atomic E-state index is 13.7. The Morgan fingerprint density at radius 1 is 1.00 bits per heavy atom. The zero-order chi connectivity index (χ0) is 32.5. The summed E-state index contributed by atoms with van der Waals surface area (Å²) in [4.78, 5) is 63.9. The van der Waals surface area contributed by atoms with Crippen LogP contribution in [0.2, 0.25) is 0 Å². The summed E-state index contributed by atoms with van der Waals surface area (Å²) in [6, 6.07) is 9.32. The Bertz CT molecular complexity index is 1400. The summed E-state index contributed by atoms with van der Waals surface area (Å²) in [5.41, 5.74) is -1.19. The maximum absolute atomic E-state index is 13.7. The first-order valence-electron chi connectivity index (χ1n) is 14.6. The quantitative estimate of drug-likeness (QED) is 0.341. The van der Waals surface area contributed by atoms with Gasteiger partial charge in [-0.3, -0.25) is 14.4 Å². The first kappa shape index (κ1) is 34.0. The molecule has 0 radical (unpaired) electrons. The molecule has 0 saturated carbocycles. The fourth-order valence-corrected chi connectivity index (χ4v) is 4.25. The number of hydrogen-bond donors (Lipinski definition) is 2. The molecule has 3 rings (SSSR count). The molecule has 2 N–H and O–H groups in total. The lowest BCUT2D eigenvalue weighted by Gasteiger charge is -2.36. The minimum Gasteiger partial charge on any atom is -0.460 e. The number of nitrogens with one attached hydrogen (secondary N) is 1. The molecule has 2 heterocycles. The number of hydrogen-bond acceptors (Lipinski definition) is 9. The van der Waals surface area contributed by atoms with Gasteiger partial charge in [-0.25, -0.2) is 14.8 Å². The normalized spacial score (nSPS) is 14.2. The molecule has 2 aromatic rings. The molecule has 1 aromatic heterocycles. The molecule has 1 atom stereocenters. The van der Waals surface area contributed by atoms with Crippen molar-refractivity contribution in [3.63, 3.8) is 0 Å². The van der Waals surface area contributed by atoms with Crippen LogP contribution in [0, 0.1) is 11.8 Å². The second-order valence-electron chi connectivity index (χ2n) is 11.8. The predicted molar refractivity (Wildman–Crippen MR) is 162 cm³/mol. The standard InChI is InChI=1S/C32H41N5O7/c1-7-43-30(41)37-19-17-36(18-20-37)29(40)24(13-14-26(38)44-31(2,3)4)35-28(39)25-21-23(15-16-32(5,6)42)33-27(34-25)22-11-9-8-10-12-22/h8-12,21,24,42H,7,13-14,17-20H2,1-6H3,(H,35,39). The van der Waals surface area contributed by atoms with Crippen LogP contribution in [0.3, 0.4) is 0 Å². The summed E-state index contributed by atoms with van der Waals surface area (Å²) in [6.07, 6.45) is -0.576. The third kappa shape index (κ3) is 10.6. The van der Waals surface area contributed by atoms with Gasteiger partial charge in [0, 0.05) is 44.2 Å². The Balaban J connectivity index is 1.88. The van der Waals surface area contributed by atoms with Crippen LogP contribution in [0.15, 0.2) is 36.4 Å². The maximum Gasteiger partial charge on any atom is 0.409 e. The van der Waals surface area contributed by atoms with Gasteiger partial charge in [0.05, 0.1) is 6.61 Å². The van der Waals surface area contributed by atoms with E-state index in [0.717, 1.165) is 0 Å². The Hall–Kier alpha value is -4.50. The van der Waals surface area contributed by atoms with Crippen molar-refractivity contribution in [2.45, 2.75) is 71.6 Å². The molecule has 3 amide bonds. The first-order valence-corrected chi connectivity index (χ1v) is 14.6. The van der Waals surface area contributed by atoms with Gasteiger partial charge in [-0.05, 0) is 53.9 Å². The Morgan fingerprint density at radius 2 is 1.64 bits per heavy atom. The van der Waals surface area contributed by atoms with Crippen molar-refractivity contribution >= 4 is 23.9 Å². The molecular weight excluding hydrogens is 566 g/mol. The number of carbonyl (C=O) groups is 4. The SMILES string of the molecule is CCOC(=O)N1CCN(C(=O)C(CCC(=O)OC(C)(C)C)NC(=O)c2cc(C#CC(C)(C)O)nc(-c3ccccc3)n2)CC1. The summed E-state index contributed by atoms with van der Waals surface area (Å²) in [7, 11) is 0. The lowest BCUT2D eigenvalue weighted by molar-refractivity contribution is -0.155. The van der Waals surface area contributed by atoms with E-state index in [4.69, 9.17) is 9.47 Å². The smallest absolute Gasteiger partial charge is 0.409 e. The van der Waals surface area contributed by atoms with E-state index in [1.807, 2.05) is 6.07 Å². The molecule has 236 valence electrons. The van der Waals surface area contributed by atoms with Crippen molar-refractivity contribution in [3.8, 4) is 23.2 Å². The van der Waals surface area contributed by atoms with Crippen LogP contribution < -0.4 is 5.32 Å². The van der Waals surface area contributed by atoms with Gasteiger partial charge >= 0.3 is 12.1 Å². The predicted octanol–water partition coefficient (Wildman–Crippen LogP) is 2.79. The Labute approximate surface area is 258 Å². The average molecular weight is 608 g/mol. The van der Waals surface area contributed by atoms with Gasteiger partial charge in [-0.15, -0.1) is 0 Å². The monoisotopic (exact) mass is 607 g/mol. The molecule has 44 heavy (non-hydrogen) atoms. The van der Waals surface area contributed by atoms with Gasteiger partial charge in [-0.2, -0.15) is 0 Å².